The van der Waals surface area contributed by atoms with Gasteiger partial charge in [-0.1, -0.05) is 30.3 Å². The van der Waals surface area contributed by atoms with E-state index in [1.54, 1.807) is 30.3 Å². The summed E-state index contributed by atoms with van der Waals surface area (Å²) in [4.78, 5) is 70.7. The van der Waals surface area contributed by atoms with Gasteiger partial charge in [-0.25, -0.2) is 0 Å². The zero-order valence-electron chi connectivity index (χ0n) is 17.8. The summed E-state index contributed by atoms with van der Waals surface area (Å²) < 4.78 is 0. The smallest absolute Gasteiger partial charge is 0.325 e. The second-order valence-corrected chi connectivity index (χ2v) is 7.26. The molecule has 33 heavy (non-hydrogen) atoms. The van der Waals surface area contributed by atoms with Crippen molar-refractivity contribution in [1.82, 2.24) is 16.0 Å². The van der Waals surface area contributed by atoms with Crippen LogP contribution in [0.4, 0.5) is 0 Å². The van der Waals surface area contributed by atoms with Crippen molar-refractivity contribution in [3.63, 3.8) is 0 Å². The lowest BCUT2D eigenvalue weighted by molar-refractivity contribution is -0.143. The SMILES string of the molecule is CC(NC(=O)C(CC(=O)O)NC(=O)C(Cc1ccccc1)NC(=O)C(N)CC(N)=O)C(=O)O. The van der Waals surface area contributed by atoms with E-state index in [9.17, 15) is 28.8 Å². The van der Waals surface area contributed by atoms with Crippen LogP contribution < -0.4 is 27.4 Å². The molecule has 180 valence electrons. The number of primary amides is 1. The Hall–Kier alpha value is -4.00. The van der Waals surface area contributed by atoms with Crippen LogP contribution in [0.3, 0.4) is 0 Å². The van der Waals surface area contributed by atoms with Gasteiger partial charge in [0.1, 0.15) is 18.1 Å². The maximum atomic E-state index is 12.9. The molecular formula is C20H27N5O8. The molecule has 1 aromatic rings. The number of rotatable bonds is 13. The van der Waals surface area contributed by atoms with Crippen molar-refractivity contribution < 1.29 is 39.0 Å². The van der Waals surface area contributed by atoms with Crippen molar-refractivity contribution in [1.29, 1.82) is 0 Å². The first-order chi connectivity index (χ1) is 15.4. The molecule has 1 rings (SSSR count). The maximum absolute atomic E-state index is 12.9. The van der Waals surface area contributed by atoms with Gasteiger partial charge in [0.05, 0.1) is 18.9 Å². The predicted octanol–water partition coefficient (Wildman–Crippen LogP) is -2.53. The minimum Gasteiger partial charge on any atom is -0.481 e. The van der Waals surface area contributed by atoms with E-state index in [0.29, 0.717) is 5.56 Å². The Kier molecular flexibility index (Phi) is 10.5. The second kappa shape index (κ2) is 12.8. The topological polar surface area (TPSA) is 231 Å². The molecular weight excluding hydrogens is 438 g/mol. The van der Waals surface area contributed by atoms with Gasteiger partial charge in [-0.3, -0.25) is 28.8 Å². The summed E-state index contributed by atoms with van der Waals surface area (Å²) in [5.41, 5.74) is 11.3. The zero-order chi connectivity index (χ0) is 25.1. The normalized spacial score (nSPS) is 14.1. The molecule has 0 saturated carbocycles. The number of benzene rings is 1. The van der Waals surface area contributed by atoms with Gasteiger partial charge in [0.25, 0.3) is 0 Å². The lowest BCUT2D eigenvalue weighted by Crippen LogP contribution is -2.58. The van der Waals surface area contributed by atoms with Crippen LogP contribution in [0.1, 0.15) is 25.3 Å². The van der Waals surface area contributed by atoms with Gasteiger partial charge in [0, 0.05) is 6.42 Å². The Balaban J connectivity index is 3.07. The molecule has 0 aliphatic carbocycles. The van der Waals surface area contributed by atoms with Crippen molar-refractivity contribution in [2.75, 3.05) is 0 Å². The highest BCUT2D eigenvalue weighted by Gasteiger charge is 2.31. The highest BCUT2D eigenvalue weighted by atomic mass is 16.4. The van der Waals surface area contributed by atoms with Gasteiger partial charge in [-0.2, -0.15) is 0 Å². The van der Waals surface area contributed by atoms with Crippen LogP contribution in [0.5, 0.6) is 0 Å². The highest BCUT2D eigenvalue weighted by Crippen LogP contribution is 2.06. The Morgan fingerprint density at radius 3 is 1.91 bits per heavy atom. The maximum Gasteiger partial charge on any atom is 0.325 e. The average Bonchev–Trinajstić information content (AvgIpc) is 2.72. The minimum absolute atomic E-state index is 0.0470. The van der Waals surface area contributed by atoms with E-state index in [2.05, 4.69) is 16.0 Å². The molecule has 0 aromatic heterocycles. The summed E-state index contributed by atoms with van der Waals surface area (Å²) in [6.45, 7) is 1.17. The summed E-state index contributed by atoms with van der Waals surface area (Å²) in [5.74, 6) is -6.42. The van der Waals surface area contributed by atoms with Crippen LogP contribution in [0, 0.1) is 0 Å². The van der Waals surface area contributed by atoms with Crippen LogP contribution in [0.2, 0.25) is 0 Å². The minimum atomic E-state index is -1.62. The van der Waals surface area contributed by atoms with E-state index in [-0.39, 0.29) is 6.42 Å². The fourth-order valence-corrected chi connectivity index (χ4v) is 2.68. The van der Waals surface area contributed by atoms with Crippen LogP contribution >= 0.6 is 0 Å². The van der Waals surface area contributed by atoms with Gasteiger partial charge in [-0.15, -0.1) is 0 Å². The summed E-state index contributed by atoms with van der Waals surface area (Å²) in [5, 5.41) is 24.7. The molecule has 4 unspecified atom stereocenters. The van der Waals surface area contributed by atoms with Crippen LogP contribution in [0.15, 0.2) is 30.3 Å². The zero-order valence-corrected chi connectivity index (χ0v) is 17.8. The van der Waals surface area contributed by atoms with E-state index in [1.165, 1.54) is 6.92 Å². The molecule has 0 saturated heterocycles. The van der Waals surface area contributed by atoms with Gasteiger partial charge < -0.3 is 37.6 Å². The predicted molar refractivity (Wildman–Crippen MR) is 113 cm³/mol. The van der Waals surface area contributed by atoms with Crippen LogP contribution in [-0.2, 0) is 35.2 Å². The molecule has 9 N–H and O–H groups in total. The number of hydrogen-bond acceptors (Lipinski definition) is 7. The number of hydrogen-bond donors (Lipinski definition) is 7. The van der Waals surface area contributed by atoms with Gasteiger partial charge >= 0.3 is 11.9 Å². The third kappa shape index (κ3) is 9.78. The van der Waals surface area contributed by atoms with Crippen molar-refractivity contribution in [2.24, 2.45) is 11.5 Å². The van der Waals surface area contributed by atoms with Crippen molar-refractivity contribution >= 4 is 35.6 Å². The third-order valence-electron chi connectivity index (χ3n) is 4.41. The molecule has 0 heterocycles. The summed E-state index contributed by atoms with van der Waals surface area (Å²) in [6, 6.07) is 2.89. The number of amides is 4. The molecule has 0 bridgehead atoms. The molecule has 13 nitrogen and oxygen atoms in total. The van der Waals surface area contributed by atoms with E-state index < -0.39 is 72.6 Å². The van der Waals surface area contributed by atoms with E-state index in [0.717, 1.165) is 0 Å². The summed E-state index contributed by atoms with van der Waals surface area (Å²) in [6.07, 6.45) is -1.35. The number of carboxylic acid groups (broad SMARTS) is 2. The fourth-order valence-electron chi connectivity index (χ4n) is 2.68. The Morgan fingerprint density at radius 1 is 0.848 bits per heavy atom. The number of carbonyl (C=O) groups is 6. The quantitative estimate of drug-likeness (QED) is 0.162. The Labute approximate surface area is 188 Å². The highest BCUT2D eigenvalue weighted by molar-refractivity contribution is 5.96. The number of nitrogens with one attached hydrogen (secondary N) is 3. The molecule has 1 aromatic carbocycles. The van der Waals surface area contributed by atoms with Crippen LogP contribution in [-0.4, -0.2) is 69.9 Å². The number of aliphatic carboxylic acids is 2. The Bertz CT molecular complexity index is 892. The number of carboxylic acids is 2. The Morgan fingerprint density at radius 2 is 1.39 bits per heavy atom. The summed E-state index contributed by atoms with van der Waals surface area (Å²) in [7, 11) is 0. The van der Waals surface area contributed by atoms with E-state index >= 15 is 0 Å². The molecule has 4 amide bonds. The van der Waals surface area contributed by atoms with E-state index in [4.69, 9.17) is 21.7 Å². The molecule has 0 aliphatic rings. The van der Waals surface area contributed by atoms with Gasteiger partial charge in [0.15, 0.2) is 0 Å². The van der Waals surface area contributed by atoms with Crippen molar-refractivity contribution in [3.05, 3.63) is 35.9 Å². The number of carbonyl (C=O) groups excluding carboxylic acids is 4. The first-order valence-corrected chi connectivity index (χ1v) is 9.84. The molecule has 0 radical (unpaired) electrons. The van der Waals surface area contributed by atoms with E-state index in [1.807, 2.05) is 0 Å². The first kappa shape index (κ1) is 27.0. The monoisotopic (exact) mass is 465 g/mol. The lowest BCUT2D eigenvalue weighted by atomic mass is 10.0. The second-order valence-electron chi connectivity index (χ2n) is 7.26. The van der Waals surface area contributed by atoms with Gasteiger partial charge in [-0.05, 0) is 12.5 Å². The van der Waals surface area contributed by atoms with Gasteiger partial charge in [0.2, 0.25) is 23.6 Å². The van der Waals surface area contributed by atoms with Crippen molar-refractivity contribution in [2.45, 2.75) is 50.4 Å². The molecule has 4 atom stereocenters. The fraction of sp³-hybridized carbons (Fsp3) is 0.400. The summed E-state index contributed by atoms with van der Waals surface area (Å²) >= 11 is 0. The molecule has 0 spiro atoms. The standard InChI is InChI=1S/C20H27N5O8/c1-10(20(32)33)23-18(30)14(9-16(27)28)25-19(31)13(7-11-5-3-2-4-6-11)24-17(29)12(21)8-15(22)26/h2-6,10,12-14H,7-9,21H2,1H3,(H2,22,26)(H,23,30)(H,24,29)(H,25,31)(H,27,28)(H,32,33). The van der Waals surface area contributed by atoms with Crippen LogP contribution in [0.25, 0.3) is 0 Å². The third-order valence-corrected chi connectivity index (χ3v) is 4.41. The first-order valence-electron chi connectivity index (χ1n) is 9.84. The van der Waals surface area contributed by atoms with Crippen molar-refractivity contribution in [3.8, 4) is 0 Å². The average molecular weight is 465 g/mol. The molecule has 0 aliphatic heterocycles. The number of nitrogens with two attached hydrogens (primary N) is 2. The lowest BCUT2D eigenvalue weighted by Gasteiger charge is -2.24. The molecule has 13 heteroatoms. The largest absolute Gasteiger partial charge is 0.481 e. The molecule has 0 fully saturated rings.